The lowest BCUT2D eigenvalue weighted by atomic mass is 10.00. The first-order chi connectivity index (χ1) is 7.27. The summed E-state index contributed by atoms with van der Waals surface area (Å²) in [6.07, 6.45) is 5.13. The first-order valence-corrected chi connectivity index (χ1v) is 5.80. The molecule has 1 aliphatic heterocycles. The first kappa shape index (κ1) is 10.5. The summed E-state index contributed by atoms with van der Waals surface area (Å²) in [5.41, 5.74) is 2.28. The van der Waals surface area contributed by atoms with Crippen molar-refractivity contribution in [1.82, 2.24) is 5.32 Å². The van der Waals surface area contributed by atoms with E-state index in [0.29, 0.717) is 11.8 Å². The van der Waals surface area contributed by atoms with E-state index >= 15 is 0 Å². The number of phenols is 1. The fourth-order valence-electron chi connectivity index (χ4n) is 2.21. The predicted octanol–water partition coefficient (Wildman–Crippen LogP) is 2.91. The first-order valence-electron chi connectivity index (χ1n) is 5.80. The SMILES string of the molecule is Cc1cc(C2CCCCCN2)ccc1O. The summed E-state index contributed by atoms with van der Waals surface area (Å²) >= 11 is 0. The molecular formula is C13H19NO. The fourth-order valence-corrected chi connectivity index (χ4v) is 2.21. The minimum Gasteiger partial charge on any atom is -0.508 e. The molecule has 1 aliphatic rings. The quantitative estimate of drug-likeness (QED) is 0.739. The maximum Gasteiger partial charge on any atom is 0.118 e. The molecule has 0 bridgehead atoms. The van der Waals surface area contributed by atoms with Crippen LogP contribution in [0.4, 0.5) is 0 Å². The van der Waals surface area contributed by atoms with Crippen molar-refractivity contribution in [2.45, 2.75) is 38.6 Å². The maximum absolute atomic E-state index is 9.48. The number of hydrogen-bond donors (Lipinski definition) is 2. The zero-order valence-electron chi connectivity index (χ0n) is 9.29. The van der Waals surface area contributed by atoms with Crippen molar-refractivity contribution in [3.05, 3.63) is 29.3 Å². The summed E-state index contributed by atoms with van der Waals surface area (Å²) in [6, 6.07) is 6.41. The van der Waals surface area contributed by atoms with Gasteiger partial charge in [-0.3, -0.25) is 0 Å². The Hall–Kier alpha value is -1.02. The molecule has 2 nitrogen and oxygen atoms in total. The normalized spacial score (nSPS) is 22.3. The van der Waals surface area contributed by atoms with E-state index in [1.54, 1.807) is 6.07 Å². The molecule has 1 fully saturated rings. The van der Waals surface area contributed by atoms with Gasteiger partial charge in [0.2, 0.25) is 0 Å². The van der Waals surface area contributed by atoms with Gasteiger partial charge in [-0.25, -0.2) is 0 Å². The van der Waals surface area contributed by atoms with E-state index < -0.39 is 0 Å². The van der Waals surface area contributed by atoms with Crippen molar-refractivity contribution in [3.63, 3.8) is 0 Å². The lowest BCUT2D eigenvalue weighted by molar-refractivity contribution is 0.469. The summed E-state index contributed by atoms with van der Waals surface area (Å²) in [5, 5.41) is 13.0. The molecule has 0 saturated carbocycles. The number of benzene rings is 1. The van der Waals surface area contributed by atoms with Gasteiger partial charge >= 0.3 is 0 Å². The number of nitrogens with one attached hydrogen (secondary N) is 1. The summed E-state index contributed by atoms with van der Waals surface area (Å²) in [6.45, 7) is 3.07. The third-order valence-corrected chi connectivity index (χ3v) is 3.18. The van der Waals surface area contributed by atoms with E-state index in [4.69, 9.17) is 0 Å². The highest BCUT2D eigenvalue weighted by molar-refractivity contribution is 5.36. The molecule has 0 spiro atoms. The monoisotopic (exact) mass is 205 g/mol. The van der Waals surface area contributed by atoms with Crippen LogP contribution >= 0.6 is 0 Å². The third kappa shape index (κ3) is 2.51. The Morgan fingerprint density at radius 2 is 2.13 bits per heavy atom. The van der Waals surface area contributed by atoms with Gasteiger partial charge in [0.25, 0.3) is 0 Å². The fraction of sp³-hybridized carbons (Fsp3) is 0.538. The average Bonchev–Trinajstić information content (AvgIpc) is 2.50. The van der Waals surface area contributed by atoms with Gasteiger partial charge in [-0.2, -0.15) is 0 Å². The van der Waals surface area contributed by atoms with Crippen LogP contribution in [0.25, 0.3) is 0 Å². The Morgan fingerprint density at radius 1 is 1.27 bits per heavy atom. The number of aryl methyl sites for hydroxylation is 1. The molecule has 2 rings (SSSR count). The highest BCUT2D eigenvalue weighted by Crippen LogP contribution is 2.26. The van der Waals surface area contributed by atoms with Crippen molar-refractivity contribution in [2.24, 2.45) is 0 Å². The van der Waals surface area contributed by atoms with Gasteiger partial charge in [0.15, 0.2) is 0 Å². The van der Waals surface area contributed by atoms with Crippen molar-refractivity contribution in [1.29, 1.82) is 0 Å². The topological polar surface area (TPSA) is 32.3 Å². The molecule has 1 aromatic rings. The highest BCUT2D eigenvalue weighted by atomic mass is 16.3. The molecule has 1 saturated heterocycles. The molecule has 1 heterocycles. The van der Waals surface area contributed by atoms with Crippen molar-refractivity contribution < 1.29 is 5.11 Å². The molecule has 1 atom stereocenters. The second kappa shape index (κ2) is 4.67. The van der Waals surface area contributed by atoms with Crippen molar-refractivity contribution in [2.75, 3.05) is 6.54 Å². The van der Waals surface area contributed by atoms with Gasteiger partial charge in [-0.05, 0) is 43.5 Å². The molecule has 2 heteroatoms. The summed E-state index contributed by atoms with van der Waals surface area (Å²) in [7, 11) is 0. The van der Waals surface area contributed by atoms with Gasteiger partial charge in [0.05, 0.1) is 0 Å². The number of phenolic OH excluding ortho intramolecular Hbond substituents is 1. The molecule has 1 unspecified atom stereocenters. The second-order valence-electron chi connectivity index (χ2n) is 4.40. The summed E-state index contributed by atoms with van der Waals surface area (Å²) < 4.78 is 0. The predicted molar refractivity (Wildman–Crippen MR) is 62.1 cm³/mol. The molecule has 0 amide bonds. The van der Waals surface area contributed by atoms with Crippen LogP contribution in [0.5, 0.6) is 5.75 Å². The van der Waals surface area contributed by atoms with E-state index in [2.05, 4.69) is 11.4 Å². The Labute approximate surface area is 91.3 Å². The zero-order valence-corrected chi connectivity index (χ0v) is 9.29. The van der Waals surface area contributed by atoms with E-state index in [0.717, 1.165) is 12.1 Å². The Morgan fingerprint density at radius 3 is 2.93 bits per heavy atom. The molecule has 2 N–H and O–H groups in total. The average molecular weight is 205 g/mol. The van der Waals surface area contributed by atoms with Gasteiger partial charge in [-0.15, -0.1) is 0 Å². The van der Waals surface area contributed by atoms with Crippen molar-refractivity contribution >= 4 is 0 Å². The van der Waals surface area contributed by atoms with Crippen LogP contribution in [0.15, 0.2) is 18.2 Å². The maximum atomic E-state index is 9.48. The summed E-state index contributed by atoms with van der Waals surface area (Å²) in [4.78, 5) is 0. The molecule has 0 aliphatic carbocycles. The minimum absolute atomic E-state index is 0.396. The van der Waals surface area contributed by atoms with Gasteiger partial charge < -0.3 is 10.4 Å². The standard InChI is InChI=1S/C13H19NO/c1-10-9-11(6-7-13(10)15)12-5-3-2-4-8-14-12/h6-7,9,12,14-15H,2-5,8H2,1H3. The lowest BCUT2D eigenvalue weighted by Crippen LogP contribution is -2.20. The molecule has 1 aromatic carbocycles. The smallest absolute Gasteiger partial charge is 0.118 e. The van der Waals surface area contributed by atoms with Crippen LogP contribution in [0, 0.1) is 6.92 Å². The molecule has 15 heavy (non-hydrogen) atoms. The Bertz CT molecular complexity index is 327. The minimum atomic E-state index is 0.396. The van der Waals surface area contributed by atoms with Crippen LogP contribution in [0.1, 0.15) is 42.9 Å². The van der Waals surface area contributed by atoms with Crippen LogP contribution in [-0.4, -0.2) is 11.7 Å². The van der Waals surface area contributed by atoms with E-state index in [9.17, 15) is 5.11 Å². The Kier molecular flexibility index (Phi) is 3.27. The van der Waals surface area contributed by atoms with Crippen LogP contribution in [0.3, 0.4) is 0 Å². The van der Waals surface area contributed by atoms with E-state index in [-0.39, 0.29) is 0 Å². The third-order valence-electron chi connectivity index (χ3n) is 3.18. The van der Waals surface area contributed by atoms with E-state index in [1.807, 2.05) is 13.0 Å². The molecule has 82 valence electrons. The van der Waals surface area contributed by atoms with Gasteiger partial charge in [-0.1, -0.05) is 25.0 Å². The molecule has 0 aromatic heterocycles. The number of aromatic hydroxyl groups is 1. The Balaban J connectivity index is 2.16. The van der Waals surface area contributed by atoms with E-state index in [1.165, 1.54) is 31.2 Å². The summed E-state index contributed by atoms with van der Waals surface area (Å²) in [5.74, 6) is 0.396. The molecular weight excluding hydrogens is 186 g/mol. The van der Waals surface area contributed by atoms with Gasteiger partial charge in [0.1, 0.15) is 5.75 Å². The largest absolute Gasteiger partial charge is 0.508 e. The lowest BCUT2D eigenvalue weighted by Gasteiger charge is -2.17. The van der Waals surface area contributed by atoms with Gasteiger partial charge in [0, 0.05) is 6.04 Å². The van der Waals surface area contributed by atoms with Crippen LogP contribution in [-0.2, 0) is 0 Å². The number of rotatable bonds is 1. The zero-order chi connectivity index (χ0) is 10.7. The molecule has 0 radical (unpaired) electrons. The highest BCUT2D eigenvalue weighted by Gasteiger charge is 2.13. The van der Waals surface area contributed by atoms with Crippen molar-refractivity contribution in [3.8, 4) is 5.75 Å². The second-order valence-corrected chi connectivity index (χ2v) is 4.40. The van der Waals surface area contributed by atoms with Crippen LogP contribution in [0.2, 0.25) is 0 Å². The number of hydrogen-bond acceptors (Lipinski definition) is 2. The van der Waals surface area contributed by atoms with Crippen LogP contribution < -0.4 is 5.32 Å².